The molecule has 1 unspecified atom stereocenters. The van der Waals surface area contributed by atoms with Crippen LogP contribution in [0.1, 0.15) is 88.3 Å². The maximum absolute atomic E-state index is 2.48. The average Bonchev–Trinajstić information content (AvgIpc) is 2.90. The highest BCUT2D eigenvalue weighted by Gasteiger charge is 2.21. The Labute approximate surface area is 224 Å². The second-order valence-electron chi connectivity index (χ2n) is 10.3. The number of hydrogen-bond donors (Lipinski definition) is 0. The van der Waals surface area contributed by atoms with Gasteiger partial charge in [-0.2, -0.15) is 0 Å². The van der Waals surface area contributed by atoms with Crippen molar-refractivity contribution in [1.29, 1.82) is 0 Å². The minimum absolute atomic E-state index is 0.473. The molecule has 0 bridgehead atoms. The predicted octanol–water partition coefficient (Wildman–Crippen LogP) is 10.4. The molecule has 1 atom stereocenters. The van der Waals surface area contributed by atoms with E-state index in [-0.39, 0.29) is 0 Å². The lowest BCUT2D eigenvalue weighted by molar-refractivity contribution is 0.657. The Balaban J connectivity index is 1.83. The number of nitrogens with zero attached hydrogens (tertiary/aromatic N) is 1. The van der Waals surface area contributed by atoms with Crippen molar-refractivity contribution in [2.45, 2.75) is 91.2 Å². The van der Waals surface area contributed by atoms with Crippen LogP contribution in [0.25, 0.3) is 0 Å². The molecule has 0 radical (unpaired) electrons. The highest BCUT2D eigenvalue weighted by atomic mass is 32.2. The van der Waals surface area contributed by atoms with Crippen LogP contribution in [0.3, 0.4) is 0 Å². The molecule has 3 rings (SSSR count). The lowest BCUT2D eigenvalue weighted by atomic mass is 10.1. The molecule has 0 N–H and O–H groups in total. The second-order valence-corrected chi connectivity index (χ2v) is 12.6. The number of benzene rings is 3. The standard InChI is InChI=1S/C34H48NS/c1-5-7-9-11-16-26-36(25-15-10-8-6-2)28-31-27-34(24-21-30(31)4)35(32-17-13-12-14-18-32)33-22-19-29(3)20-23-33/h12-14,17-24,27H,5-11,15-16,25-26,28H2,1-4H3/q+1. The molecule has 0 heterocycles. The number of unbranched alkanes of at least 4 members (excludes halogenated alkanes) is 7. The average molecular weight is 503 g/mol. The zero-order valence-electron chi connectivity index (χ0n) is 23.3. The van der Waals surface area contributed by atoms with Crippen molar-refractivity contribution in [1.82, 2.24) is 0 Å². The third-order valence-electron chi connectivity index (χ3n) is 7.08. The maximum Gasteiger partial charge on any atom is 0.133 e. The summed E-state index contributed by atoms with van der Waals surface area (Å²) in [6.45, 7) is 9.08. The van der Waals surface area contributed by atoms with Crippen LogP contribution in [0.5, 0.6) is 0 Å². The molecule has 0 saturated carbocycles. The minimum atomic E-state index is 0.473. The summed E-state index contributed by atoms with van der Waals surface area (Å²) >= 11 is 0. The smallest absolute Gasteiger partial charge is 0.133 e. The van der Waals surface area contributed by atoms with Crippen molar-refractivity contribution in [3.05, 3.63) is 89.5 Å². The highest BCUT2D eigenvalue weighted by molar-refractivity contribution is 7.96. The molecule has 36 heavy (non-hydrogen) atoms. The third kappa shape index (κ3) is 9.04. The van der Waals surface area contributed by atoms with Crippen molar-refractivity contribution >= 4 is 28.0 Å². The van der Waals surface area contributed by atoms with Crippen LogP contribution in [0, 0.1) is 13.8 Å². The van der Waals surface area contributed by atoms with E-state index in [1.54, 1.807) is 0 Å². The van der Waals surface area contributed by atoms with Gasteiger partial charge in [-0.25, -0.2) is 0 Å². The van der Waals surface area contributed by atoms with Gasteiger partial charge in [-0.3, -0.25) is 0 Å². The summed E-state index contributed by atoms with van der Waals surface area (Å²) in [5, 5.41) is 0. The highest BCUT2D eigenvalue weighted by Crippen LogP contribution is 2.36. The van der Waals surface area contributed by atoms with Crippen LogP contribution < -0.4 is 4.90 Å². The molecular weight excluding hydrogens is 454 g/mol. The molecule has 1 nitrogen and oxygen atoms in total. The van der Waals surface area contributed by atoms with E-state index in [4.69, 9.17) is 0 Å². The van der Waals surface area contributed by atoms with Crippen molar-refractivity contribution < 1.29 is 0 Å². The molecule has 0 amide bonds. The van der Waals surface area contributed by atoms with E-state index in [1.165, 1.54) is 109 Å². The lowest BCUT2D eigenvalue weighted by Crippen LogP contribution is -2.17. The van der Waals surface area contributed by atoms with E-state index < -0.39 is 0 Å². The first-order valence-corrected chi connectivity index (χ1v) is 16.0. The van der Waals surface area contributed by atoms with Crippen LogP contribution in [-0.2, 0) is 16.6 Å². The van der Waals surface area contributed by atoms with E-state index in [0.717, 1.165) is 0 Å². The number of para-hydroxylation sites is 1. The van der Waals surface area contributed by atoms with E-state index >= 15 is 0 Å². The Kier molecular flexibility index (Phi) is 12.5. The van der Waals surface area contributed by atoms with Gasteiger partial charge in [0.25, 0.3) is 0 Å². The van der Waals surface area contributed by atoms with E-state index in [0.29, 0.717) is 10.9 Å². The van der Waals surface area contributed by atoms with E-state index in [2.05, 4.69) is 105 Å². The van der Waals surface area contributed by atoms with Gasteiger partial charge in [-0.15, -0.1) is 0 Å². The van der Waals surface area contributed by atoms with Gasteiger partial charge in [-0.05, 0) is 92.4 Å². The van der Waals surface area contributed by atoms with Crippen LogP contribution in [-0.4, -0.2) is 11.5 Å². The monoisotopic (exact) mass is 502 g/mol. The normalized spacial score (nSPS) is 12.0. The molecular formula is C34H48NS+. The SMILES string of the molecule is CCCCCCC[S+](CCCCCC)Cc1cc(N(c2ccccc2)c2ccc(C)cc2)ccc1C. The van der Waals surface area contributed by atoms with Gasteiger partial charge in [0, 0.05) is 22.6 Å². The molecule has 2 heteroatoms. The molecule has 3 aromatic carbocycles. The third-order valence-corrected chi connectivity index (χ3v) is 9.53. The number of hydrogen-bond acceptors (Lipinski definition) is 1. The Bertz CT molecular complexity index is 995. The van der Waals surface area contributed by atoms with Gasteiger partial charge in [0.15, 0.2) is 0 Å². The van der Waals surface area contributed by atoms with Crippen molar-refractivity contribution in [3.63, 3.8) is 0 Å². The summed E-state index contributed by atoms with van der Waals surface area (Å²) in [6.07, 6.45) is 12.4. The fourth-order valence-electron chi connectivity index (χ4n) is 4.78. The summed E-state index contributed by atoms with van der Waals surface area (Å²) in [5.41, 5.74) is 7.97. The first-order chi connectivity index (χ1) is 17.6. The van der Waals surface area contributed by atoms with E-state index in [9.17, 15) is 0 Å². The summed E-state index contributed by atoms with van der Waals surface area (Å²) in [6, 6.07) is 26.8. The Morgan fingerprint density at radius 3 is 1.78 bits per heavy atom. The van der Waals surface area contributed by atoms with Gasteiger partial charge in [0.2, 0.25) is 0 Å². The van der Waals surface area contributed by atoms with Gasteiger partial charge >= 0.3 is 0 Å². The molecule has 3 aromatic rings. The Morgan fingerprint density at radius 1 is 0.583 bits per heavy atom. The molecule has 0 saturated heterocycles. The van der Waals surface area contributed by atoms with Gasteiger partial charge < -0.3 is 4.90 Å². The predicted molar refractivity (Wildman–Crippen MR) is 164 cm³/mol. The largest absolute Gasteiger partial charge is 0.310 e. The Hall–Kier alpha value is -2.19. The van der Waals surface area contributed by atoms with Gasteiger partial charge in [0.1, 0.15) is 17.3 Å². The minimum Gasteiger partial charge on any atom is -0.310 e. The van der Waals surface area contributed by atoms with Gasteiger partial charge in [-0.1, -0.05) is 87.9 Å². The molecule has 0 aliphatic carbocycles. The van der Waals surface area contributed by atoms with Crippen LogP contribution >= 0.6 is 0 Å². The molecule has 0 spiro atoms. The molecule has 194 valence electrons. The molecule has 0 aliphatic heterocycles. The number of rotatable bonds is 16. The fourth-order valence-corrected chi connectivity index (χ4v) is 7.25. The number of aryl methyl sites for hydroxylation is 2. The summed E-state index contributed by atoms with van der Waals surface area (Å²) in [5.74, 6) is 4.04. The summed E-state index contributed by atoms with van der Waals surface area (Å²) < 4.78 is 0. The van der Waals surface area contributed by atoms with Crippen LogP contribution in [0.2, 0.25) is 0 Å². The van der Waals surface area contributed by atoms with E-state index in [1.807, 2.05) is 0 Å². The topological polar surface area (TPSA) is 3.24 Å². The fraction of sp³-hybridized carbons (Fsp3) is 0.471. The molecule has 0 aromatic heterocycles. The maximum atomic E-state index is 2.48. The molecule has 0 aliphatic rings. The van der Waals surface area contributed by atoms with Crippen LogP contribution in [0.4, 0.5) is 17.1 Å². The second kappa shape index (κ2) is 15.8. The van der Waals surface area contributed by atoms with Crippen LogP contribution in [0.15, 0.2) is 72.8 Å². The zero-order valence-corrected chi connectivity index (χ0v) is 24.1. The zero-order chi connectivity index (χ0) is 25.6. The van der Waals surface area contributed by atoms with Crippen molar-refractivity contribution in [2.24, 2.45) is 0 Å². The quantitative estimate of drug-likeness (QED) is 0.139. The first-order valence-electron chi connectivity index (χ1n) is 14.3. The Morgan fingerprint density at radius 2 is 1.14 bits per heavy atom. The summed E-state index contributed by atoms with van der Waals surface area (Å²) in [4.78, 5) is 2.41. The lowest BCUT2D eigenvalue weighted by Gasteiger charge is -2.26. The van der Waals surface area contributed by atoms with Crippen molar-refractivity contribution in [3.8, 4) is 0 Å². The molecule has 0 fully saturated rings. The summed E-state index contributed by atoms with van der Waals surface area (Å²) in [7, 11) is 0.473. The first kappa shape index (κ1) is 28.4. The number of anilines is 3. The van der Waals surface area contributed by atoms with Gasteiger partial charge in [0.05, 0.1) is 0 Å². The van der Waals surface area contributed by atoms with Crippen molar-refractivity contribution in [2.75, 3.05) is 16.4 Å².